The largest absolute Gasteiger partial charge is 0.473 e. The first-order chi connectivity index (χ1) is 9.77. The van der Waals surface area contributed by atoms with Gasteiger partial charge in [-0.05, 0) is 6.07 Å². The monoisotopic (exact) mass is 356 g/mol. The molecule has 0 aromatic carbocycles. The number of rotatable bonds is 3. The zero-order valence-electron chi connectivity index (χ0n) is 10.5. The molecule has 2 rings (SSSR count). The number of nitrogens with one attached hydrogen (secondary N) is 1. The quantitative estimate of drug-likeness (QED) is 0.475. The molecule has 0 radical (unpaired) electrons. The van der Waals surface area contributed by atoms with E-state index < -0.39 is 27.9 Å². The highest BCUT2D eigenvalue weighted by Crippen LogP contribution is 2.28. The Morgan fingerprint density at radius 2 is 2.33 bits per heavy atom. The van der Waals surface area contributed by atoms with E-state index in [9.17, 15) is 4.79 Å². The molecule has 2 unspecified atom stereocenters. The Bertz CT molecular complexity index is 588. The normalized spacial score (nSPS) is 22.2. The molecule has 1 saturated heterocycles. The van der Waals surface area contributed by atoms with Crippen LogP contribution in [0.3, 0.4) is 0 Å². The summed E-state index contributed by atoms with van der Waals surface area (Å²) in [5.74, 6) is -0.430. The van der Waals surface area contributed by atoms with Crippen molar-refractivity contribution in [2.45, 2.75) is 16.3 Å². The smallest absolute Gasteiger partial charge is 0.351 e. The number of nitrogen functional groups attached to an aromatic ring is 1. The van der Waals surface area contributed by atoms with Crippen LogP contribution in [0.2, 0.25) is 0 Å². The molecule has 1 aliphatic heterocycles. The summed E-state index contributed by atoms with van der Waals surface area (Å²) >= 11 is 16.4. The minimum atomic E-state index is -1.95. The van der Waals surface area contributed by atoms with Gasteiger partial charge in [0.05, 0.1) is 6.61 Å². The van der Waals surface area contributed by atoms with Crippen LogP contribution in [-0.2, 0) is 14.2 Å². The van der Waals surface area contributed by atoms with Crippen LogP contribution in [0.15, 0.2) is 17.1 Å². The van der Waals surface area contributed by atoms with E-state index >= 15 is 0 Å². The van der Waals surface area contributed by atoms with Gasteiger partial charge in [0.2, 0.25) is 5.90 Å². The summed E-state index contributed by atoms with van der Waals surface area (Å²) in [5, 5.41) is 7.37. The Balaban J connectivity index is 1.92. The Kier molecular flexibility index (Phi) is 4.95. The van der Waals surface area contributed by atoms with Crippen LogP contribution in [0.4, 0.5) is 5.82 Å². The third-order valence-corrected chi connectivity index (χ3v) is 3.03. The molecule has 8 nitrogen and oxygen atoms in total. The average Bonchev–Trinajstić information content (AvgIpc) is 2.83. The van der Waals surface area contributed by atoms with Crippen molar-refractivity contribution in [2.24, 2.45) is 0 Å². The summed E-state index contributed by atoms with van der Waals surface area (Å²) in [6, 6.07) is 1.47. The standard InChI is InChI=1S/C10H11Cl3N4O4/c11-10(12,13)8(15)20-4-7-19-3-6(21-7)17-2-1-5(14)16-9(17)18/h1-2,6-7,15H,3-4H2,(H2,14,16,18). The first-order valence-electron chi connectivity index (χ1n) is 5.67. The van der Waals surface area contributed by atoms with E-state index in [2.05, 4.69) is 4.98 Å². The number of halogens is 3. The fraction of sp³-hybridized carbons (Fsp3) is 0.500. The van der Waals surface area contributed by atoms with Crippen LogP contribution >= 0.6 is 34.8 Å². The number of aromatic nitrogens is 2. The molecule has 0 amide bonds. The van der Waals surface area contributed by atoms with Crippen LogP contribution in [0.1, 0.15) is 6.23 Å². The van der Waals surface area contributed by atoms with Gasteiger partial charge >= 0.3 is 5.69 Å². The maximum atomic E-state index is 11.6. The number of nitrogens with two attached hydrogens (primary N) is 1. The predicted molar refractivity (Wildman–Crippen MR) is 76.7 cm³/mol. The molecule has 3 N–H and O–H groups in total. The SMILES string of the molecule is N=C(OCC1OCC(n2ccc(N)nc2=O)O1)C(Cl)(Cl)Cl. The molecule has 0 aliphatic carbocycles. The second-order valence-electron chi connectivity index (χ2n) is 4.03. The van der Waals surface area contributed by atoms with Crippen LogP contribution in [0.25, 0.3) is 0 Å². The molecular weight excluding hydrogens is 346 g/mol. The van der Waals surface area contributed by atoms with E-state index in [4.69, 9.17) is 60.2 Å². The number of hydrogen-bond acceptors (Lipinski definition) is 7. The van der Waals surface area contributed by atoms with Gasteiger partial charge < -0.3 is 19.9 Å². The van der Waals surface area contributed by atoms with E-state index in [1.54, 1.807) is 0 Å². The lowest BCUT2D eigenvalue weighted by atomic mass is 10.5. The second-order valence-corrected chi connectivity index (χ2v) is 6.31. The third-order valence-electron chi connectivity index (χ3n) is 2.52. The molecule has 11 heteroatoms. The lowest BCUT2D eigenvalue weighted by molar-refractivity contribution is -0.0966. The number of nitrogens with zero attached hydrogens (tertiary/aromatic N) is 2. The number of anilines is 1. The Hall–Kier alpha value is -1.06. The zero-order valence-corrected chi connectivity index (χ0v) is 12.7. The molecular formula is C10H11Cl3N4O4. The highest BCUT2D eigenvalue weighted by molar-refractivity contribution is 6.76. The molecule has 1 aromatic rings. The van der Waals surface area contributed by atoms with Gasteiger partial charge in [0, 0.05) is 6.20 Å². The van der Waals surface area contributed by atoms with Crippen molar-refractivity contribution < 1.29 is 14.2 Å². The van der Waals surface area contributed by atoms with E-state index in [1.165, 1.54) is 16.8 Å². The molecule has 1 fully saturated rings. The molecule has 1 aromatic heterocycles. The lowest BCUT2D eigenvalue weighted by Crippen LogP contribution is -2.29. The molecule has 116 valence electrons. The number of ether oxygens (including phenoxy) is 3. The van der Waals surface area contributed by atoms with Gasteiger partial charge in [-0.1, -0.05) is 34.8 Å². The van der Waals surface area contributed by atoms with Crippen molar-refractivity contribution in [3.05, 3.63) is 22.7 Å². The van der Waals surface area contributed by atoms with Gasteiger partial charge in [0.25, 0.3) is 3.79 Å². The van der Waals surface area contributed by atoms with Gasteiger partial charge in [0.1, 0.15) is 12.4 Å². The van der Waals surface area contributed by atoms with Crippen molar-refractivity contribution in [1.29, 1.82) is 5.41 Å². The van der Waals surface area contributed by atoms with Crippen molar-refractivity contribution in [3.8, 4) is 0 Å². The maximum Gasteiger partial charge on any atom is 0.351 e. The van der Waals surface area contributed by atoms with Gasteiger partial charge in [0.15, 0.2) is 12.5 Å². The lowest BCUT2D eigenvalue weighted by Gasteiger charge is -2.16. The fourth-order valence-electron chi connectivity index (χ4n) is 1.55. The summed E-state index contributed by atoms with van der Waals surface area (Å²) < 4.78 is 14.9. The van der Waals surface area contributed by atoms with Crippen LogP contribution < -0.4 is 11.4 Å². The third kappa shape index (κ3) is 4.21. The first kappa shape index (κ1) is 16.3. The molecule has 0 bridgehead atoms. The minimum absolute atomic E-state index is 0.112. The highest BCUT2D eigenvalue weighted by Gasteiger charge is 2.32. The van der Waals surface area contributed by atoms with Crippen molar-refractivity contribution >= 4 is 46.5 Å². The van der Waals surface area contributed by atoms with Gasteiger partial charge in [-0.25, -0.2) is 4.79 Å². The Labute approximate surface area is 134 Å². The Morgan fingerprint density at radius 1 is 1.62 bits per heavy atom. The summed E-state index contributed by atoms with van der Waals surface area (Å²) in [5.41, 5.74) is 4.84. The summed E-state index contributed by atoms with van der Waals surface area (Å²) in [4.78, 5) is 15.2. The van der Waals surface area contributed by atoms with Gasteiger partial charge in [-0.2, -0.15) is 4.98 Å². The van der Waals surface area contributed by atoms with Gasteiger partial charge in [-0.15, -0.1) is 0 Å². The predicted octanol–water partition coefficient (Wildman–Crippen LogP) is 1.06. The highest BCUT2D eigenvalue weighted by atomic mass is 35.6. The van der Waals surface area contributed by atoms with Crippen molar-refractivity contribution in [1.82, 2.24) is 9.55 Å². The molecule has 1 aliphatic rings. The summed E-state index contributed by atoms with van der Waals surface area (Å²) in [7, 11) is 0. The van der Waals surface area contributed by atoms with Crippen LogP contribution in [0, 0.1) is 5.41 Å². The van der Waals surface area contributed by atoms with Crippen LogP contribution in [0.5, 0.6) is 0 Å². The zero-order chi connectivity index (χ0) is 15.6. The topological polar surface area (TPSA) is 112 Å². The first-order valence-corrected chi connectivity index (χ1v) is 6.81. The number of hydrogen-bond donors (Lipinski definition) is 2. The molecule has 2 heterocycles. The molecule has 0 spiro atoms. The second kappa shape index (κ2) is 6.37. The van der Waals surface area contributed by atoms with E-state index in [-0.39, 0.29) is 19.0 Å². The van der Waals surface area contributed by atoms with Crippen molar-refractivity contribution in [2.75, 3.05) is 18.9 Å². The Morgan fingerprint density at radius 3 is 2.95 bits per heavy atom. The minimum Gasteiger partial charge on any atom is -0.473 e. The average molecular weight is 358 g/mol. The molecule has 2 atom stereocenters. The van der Waals surface area contributed by atoms with Crippen LogP contribution in [-0.4, -0.2) is 38.7 Å². The summed E-state index contributed by atoms with van der Waals surface area (Å²) in [6.45, 7) is -0.0406. The van der Waals surface area contributed by atoms with E-state index in [0.29, 0.717) is 0 Å². The van der Waals surface area contributed by atoms with Gasteiger partial charge in [-0.3, -0.25) is 9.98 Å². The molecule has 0 saturated carbocycles. The fourth-order valence-corrected chi connectivity index (χ4v) is 1.72. The summed E-state index contributed by atoms with van der Waals surface area (Å²) in [6.07, 6.45) is -0.0148. The maximum absolute atomic E-state index is 11.6. The molecule has 21 heavy (non-hydrogen) atoms. The van der Waals surface area contributed by atoms with Crippen molar-refractivity contribution in [3.63, 3.8) is 0 Å². The van der Waals surface area contributed by atoms with E-state index in [1.807, 2.05) is 0 Å². The number of alkyl halides is 3. The van der Waals surface area contributed by atoms with E-state index in [0.717, 1.165) is 0 Å².